The normalized spacial score (nSPS) is 13.6. The van der Waals surface area contributed by atoms with Crippen molar-refractivity contribution < 1.29 is 9.90 Å². The average molecular weight is 292 g/mol. The molecule has 20 heavy (non-hydrogen) atoms. The van der Waals surface area contributed by atoms with Crippen LogP contribution in [0.4, 0.5) is 0 Å². The van der Waals surface area contributed by atoms with E-state index < -0.39 is 11.5 Å². The maximum atomic E-state index is 11.8. The molecule has 1 heterocycles. The van der Waals surface area contributed by atoms with Crippen molar-refractivity contribution in [3.05, 3.63) is 59.1 Å². The Hall–Kier alpha value is -1.98. The van der Waals surface area contributed by atoms with Crippen LogP contribution in [-0.4, -0.2) is 27.5 Å². The molecule has 0 radical (unpaired) electrons. The van der Waals surface area contributed by atoms with Gasteiger partial charge in [0.25, 0.3) is 5.91 Å². The molecule has 0 aliphatic rings. The van der Waals surface area contributed by atoms with E-state index in [0.29, 0.717) is 10.6 Å². The number of nitrogens with zero attached hydrogens (tertiary/aromatic N) is 2. The minimum atomic E-state index is -1.27. The minimum absolute atomic E-state index is 0.0200. The number of carbonyl (C=O) groups excluding carboxylic acids is 1. The predicted molar refractivity (Wildman–Crippen MR) is 75.4 cm³/mol. The molecular formula is C14H14ClN3O2. The number of aromatic nitrogens is 2. The molecule has 0 aliphatic heterocycles. The average Bonchev–Trinajstić information content (AvgIpc) is 2.46. The summed E-state index contributed by atoms with van der Waals surface area (Å²) in [5, 5.41) is 13.5. The second-order valence-corrected chi connectivity index (χ2v) is 4.93. The van der Waals surface area contributed by atoms with Crippen molar-refractivity contribution in [3.8, 4) is 0 Å². The number of rotatable bonds is 4. The monoisotopic (exact) mass is 291 g/mol. The lowest BCUT2D eigenvalue weighted by Crippen LogP contribution is -2.39. The van der Waals surface area contributed by atoms with Crippen LogP contribution in [0, 0.1) is 0 Å². The van der Waals surface area contributed by atoms with Crippen LogP contribution >= 0.6 is 11.6 Å². The van der Waals surface area contributed by atoms with Crippen molar-refractivity contribution in [2.45, 2.75) is 12.5 Å². The third-order valence-corrected chi connectivity index (χ3v) is 3.17. The first kappa shape index (κ1) is 14.4. The zero-order valence-electron chi connectivity index (χ0n) is 10.9. The molecule has 0 saturated carbocycles. The van der Waals surface area contributed by atoms with Gasteiger partial charge in [-0.3, -0.25) is 9.78 Å². The van der Waals surface area contributed by atoms with Gasteiger partial charge >= 0.3 is 0 Å². The van der Waals surface area contributed by atoms with Crippen molar-refractivity contribution in [3.63, 3.8) is 0 Å². The Morgan fingerprint density at radius 2 is 2.15 bits per heavy atom. The summed E-state index contributed by atoms with van der Waals surface area (Å²) in [4.78, 5) is 19.6. The Morgan fingerprint density at radius 1 is 1.40 bits per heavy atom. The second-order valence-electron chi connectivity index (χ2n) is 4.53. The quantitative estimate of drug-likeness (QED) is 0.900. The Labute approximate surface area is 121 Å². The van der Waals surface area contributed by atoms with Gasteiger partial charge in [0.1, 0.15) is 11.3 Å². The summed E-state index contributed by atoms with van der Waals surface area (Å²) in [6.45, 7) is 1.61. The summed E-state index contributed by atoms with van der Waals surface area (Å²) < 4.78 is 0. The fraction of sp³-hybridized carbons (Fsp3) is 0.214. The molecule has 104 valence electrons. The molecule has 1 atom stereocenters. The molecule has 0 aliphatic carbocycles. The van der Waals surface area contributed by atoms with Crippen LogP contribution in [0.3, 0.4) is 0 Å². The van der Waals surface area contributed by atoms with Crippen LogP contribution in [-0.2, 0) is 5.60 Å². The van der Waals surface area contributed by atoms with Gasteiger partial charge in [0.05, 0.1) is 12.7 Å². The summed E-state index contributed by atoms with van der Waals surface area (Å²) in [7, 11) is 0. The van der Waals surface area contributed by atoms with E-state index in [1.54, 1.807) is 31.2 Å². The Morgan fingerprint density at radius 3 is 2.80 bits per heavy atom. The third kappa shape index (κ3) is 3.31. The van der Waals surface area contributed by atoms with Crippen LogP contribution < -0.4 is 5.32 Å². The van der Waals surface area contributed by atoms with E-state index in [2.05, 4.69) is 15.3 Å². The van der Waals surface area contributed by atoms with Gasteiger partial charge in [0.15, 0.2) is 0 Å². The van der Waals surface area contributed by atoms with Crippen LogP contribution in [0.5, 0.6) is 0 Å². The molecule has 0 bridgehead atoms. The molecule has 0 spiro atoms. The van der Waals surface area contributed by atoms with Crippen LogP contribution in [0.2, 0.25) is 5.02 Å². The minimum Gasteiger partial charge on any atom is -0.384 e. The van der Waals surface area contributed by atoms with E-state index in [1.807, 2.05) is 0 Å². The SMILES string of the molecule is C[C@](O)(CNC(=O)c1cnccn1)c1ccccc1Cl. The second kappa shape index (κ2) is 5.98. The van der Waals surface area contributed by atoms with Gasteiger partial charge < -0.3 is 10.4 Å². The lowest BCUT2D eigenvalue weighted by Gasteiger charge is -2.25. The van der Waals surface area contributed by atoms with Gasteiger partial charge in [-0.25, -0.2) is 4.98 Å². The Bertz CT molecular complexity index is 602. The van der Waals surface area contributed by atoms with E-state index >= 15 is 0 Å². The lowest BCUT2D eigenvalue weighted by molar-refractivity contribution is 0.0525. The van der Waals surface area contributed by atoms with Crippen LogP contribution in [0.25, 0.3) is 0 Å². The topological polar surface area (TPSA) is 75.1 Å². The number of aliphatic hydroxyl groups is 1. The number of nitrogens with one attached hydrogen (secondary N) is 1. The summed E-state index contributed by atoms with van der Waals surface area (Å²) in [6.07, 6.45) is 4.28. The number of halogens is 1. The molecule has 0 saturated heterocycles. The van der Waals surface area contributed by atoms with E-state index in [-0.39, 0.29) is 12.2 Å². The van der Waals surface area contributed by atoms with Gasteiger partial charge in [-0.1, -0.05) is 29.8 Å². The Balaban J connectivity index is 2.07. The first-order valence-corrected chi connectivity index (χ1v) is 6.40. The molecule has 0 unspecified atom stereocenters. The molecule has 0 fully saturated rings. The van der Waals surface area contributed by atoms with E-state index in [9.17, 15) is 9.90 Å². The van der Waals surface area contributed by atoms with E-state index in [4.69, 9.17) is 11.6 Å². The highest BCUT2D eigenvalue weighted by atomic mass is 35.5. The third-order valence-electron chi connectivity index (χ3n) is 2.84. The lowest BCUT2D eigenvalue weighted by atomic mass is 9.96. The molecule has 2 rings (SSSR count). The molecule has 2 N–H and O–H groups in total. The zero-order chi connectivity index (χ0) is 14.6. The maximum absolute atomic E-state index is 11.8. The summed E-state index contributed by atoms with van der Waals surface area (Å²) in [5.41, 5.74) is -0.514. The largest absolute Gasteiger partial charge is 0.384 e. The van der Waals surface area contributed by atoms with E-state index in [0.717, 1.165) is 0 Å². The van der Waals surface area contributed by atoms with Crippen molar-refractivity contribution in [2.24, 2.45) is 0 Å². The number of benzene rings is 1. The molecule has 1 amide bonds. The highest BCUT2D eigenvalue weighted by molar-refractivity contribution is 6.31. The molecule has 2 aromatic rings. The number of hydrogen-bond acceptors (Lipinski definition) is 4. The van der Waals surface area contributed by atoms with Gasteiger partial charge in [0, 0.05) is 23.0 Å². The highest BCUT2D eigenvalue weighted by Gasteiger charge is 2.26. The van der Waals surface area contributed by atoms with Gasteiger partial charge in [-0.05, 0) is 13.0 Å². The number of hydrogen-bond donors (Lipinski definition) is 2. The maximum Gasteiger partial charge on any atom is 0.271 e. The van der Waals surface area contributed by atoms with Crippen molar-refractivity contribution in [2.75, 3.05) is 6.54 Å². The van der Waals surface area contributed by atoms with Gasteiger partial charge in [0.2, 0.25) is 0 Å². The van der Waals surface area contributed by atoms with Gasteiger partial charge in [-0.15, -0.1) is 0 Å². The fourth-order valence-corrected chi connectivity index (χ4v) is 2.09. The predicted octanol–water partition coefficient (Wildman–Crippen LogP) is 1.77. The molecular weight excluding hydrogens is 278 g/mol. The molecule has 6 heteroatoms. The van der Waals surface area contributed by atoms with E-state index in [1.165, 1.54) is 18.6 Å². The summed E-state index contributed by atoms with van der Waals surface area (Å²) >= 11 is 6.05. The van der Waals surface area contributed by atoms with Crippen molar-refractivity contribution in [1.82, 2.24) is 15.3 Å². The first-order chi connectivity index (χ1) is 9.50. The smallest absolute Gasteiger partial charge is 0.271 e. The highest BCUT2D eigenvalue weighted by Crippen LogP contribution is 2.27. The van der Waals surface area contributed by atoms with Crippen LogP contribution in [0.15, 0.2) is 42.9 Å². The van der Waals surface area contributed by atoms with Gasteiger partial charge in [-0.2, -0.15) is 0 Å². The molecule has 5 nitrogen and oxygen atoms in total. The fourth-order valence-electron chi connectivity index (χ4n) is 1.75. The Kier molecular flexibility index (Phi) is 4.32. The van der Waals surface area contributed by atoms with Crippen molar-refractivity contribution in [1.29, 1.82) is 0 Å². The number of carbonyl (C=O) groups is 1. The summed E-state index contributed by atoms with van der Waals surface area (Å²) in [6, 6.07) is 6.97. The molecule has 1 aromatic heterocycles. The number of amides is 1. The summed E-state index contributed by atoms with van der Waals surface area (Å²) in [5.74, 6) is -0.398. The van der Waals surface area contributed by atoms with Crippen LogP contribution in [0.1, 0.15) is 23.0 Å². The zero-order valence-corrected chi connectivity index (χ0v) is 11.6. The van der Waals surface area contributed by atoms with Crippen molar-refractivity contribution >= 4 is 17.5 Å². The molecule has 1 aromatic carbocycles. The first-order valence-electron chi connectivity index (χ1n) is 6.02. The standard InChI is InChI=1S/C14H14ClN3O2/c1-14(20,10-4-2-3-5-11(10)15)9-18-13(19)12-8-16-6-7-17-12/h2-8,20H,9H2,1H3,(H,18,19)/t14-/m0/s1.